The molecule has 2 fully saturated rings. The van der Waals surface area contributed by atoms with Crippen molar-refractivity contribution in [2.45, 2.75) is 37.8 Å². The molecule has 2 aliphatic rings. The number of hydrogen-bond acceptors (Lipinski definition) is 6. The number of amides is 1. The van der Waals surface area contributed by atoms with Gasteiger partial charge in [-0.2, -0.15) is 0 Å². The molecule has 0 atom stereocenters. The molecule has 1 aromatic heterocycles. The first-order valence-electron chi connectivity index (χ1n) is 9.20. The van der Waals surface area contributed by atoms with E-state index in [9.17, 15) is 23.1 Å². The van der Waals surface area contributed by atoms with Crippen molar-refractivity contribution in [3.63, 3.8) is 0 Å². The standard InChI is InChI=1S/C19H19F3N4O3/c20-19(21,22)29-16-4-11(3-13(5-16)12-1-2-12)6-23-18-24-7-14(8-25-18)17(28)26-9-15(27)10-26/h3-5,7-8,12,15,27H,1-2,6,9-10H2,(H,23,24,25). The average molecular weight is 408 g/mol. The lowest BCUT2D eigenvalue weighted by Gasteiger charge is -2.35. The van der Waals surface area contributed by atoms with Crippen molar-refractivity contribution in [1.82, 2.24) is 14.9 Å². The summed E-state index contributed by atoms with van der Waals surface area (Å²) in [6.45, 7) is 0.789. The van der Waals surface area contributed by atoms with Gasteiger partial charge in [-0.05, 0) is 42.0 Å². The Morgan fingerprint density at radius 2 is 1.90 bits per heavy atom. The zero-order chi connectivity index (χ0) is 20.6. The lowest BCUT2D eigenvalue weighted by molar-refractivity contribution is -0.274. The molecule has 1 aromatic carbocycles. The lowest BCUT2D eigenvalue weighted by Crippen LogP contribution is -2.53. The number of carbonyl (C=O) groups is 1. The van der Waals surface area contributed by atoms with Gasteiger partial charge in [-0.25, -0.2) is 9.97 Å². The van der Waals surface area contributed by atoms with Crippen molar-refractivity contribution in [2.75, 3.05) is 18.4 Å². The summed E-state index contributed by atoms with van der Waals surface area (Å²) in [6, 6.07) is 4.61. The minimum Gasteiger partial charge on any atom is -0.406 e. The van der Waals surface area contributed by atoms with E-state index in [0.29, 0.717) is 24.2 Å². The number of nitrogens with one attached hydrogen (secondary N) is 1. The Balaban J connectivity index is 1.41. The van der Waals surface area contributed by atoms with Crippen molar-refractivity contribution in [2.24, 2.45) is 0 Å². The number of alkyl halides is 3. The van der Waals surface area contributed by atoms with Gasteiger partial charge in [0, 0.05) is 32.0 Å². The number of hydrogen-bond donors (Lipinski definition) is 2. The fourth-order valence-corrected chi connectivity index (χ4v) is 3.15. The second-order valence-electron chi connectivity index (χ2n) is 7.25. The van der Waals surface area contributed by atoms with Gasteiger partial charge in [0.25, 0.3) is 5.91 Å². The zero-order valence-electron chi connectivity index (χ0n) is 15.3. The van der Waals surface area contributed by atoms with E-state index < -0.39 is 12.5 Å². The quantitative estimate of drug-likeness (QED) is 0.764. The molecule has 1 aliphatic heterocycles. The highest BCUT2D eigenvalue weighted by Gasteiger charge is 2.32. The Labute approximate surface area is 164 Å². The molecule has 1 aliphatic carbocycles. The summed E-state index contributed by atoms with van der Waals surface area (Å²) in [6.07, 6.45) is -0.574. The Kier molecular flexibility index (Phi) is 5.03. The Bertz CT molecular complexity index is 895. The van der Waals surface area contributed by atoms with E-state index in [-0.39, 0.29) is 30.1 Å². The van der Waals surface area contributed by atoms with Gasteiger partial charge in [0.05, 0.1) is 11.7 Å². The maximum absolute atomic E-state index is 12.6. The molecule has 0 radical (unpaired) electrons. The molecule has 4 rings (SSSR count). The molecule has 0 unspecified atom stereocenters. The van der Waals surface area contributed by atoms with E-state index in [1.54, 1.807) is 0 Å². The highest BCUT2D eigenvalue weighted by atomic mass is 19.4. The van der Waals surface area contributed by atoms with E-state index in [1.807, 2.05) is 6.07 Å². The maximum Gasteiger partial charge on any atom is 0.573 e. The molecule has 10 heteroatoms. The van der Waals surface area contributed by atoms with Crippen LogP contribution in [0.4, 0.5) is 19.1 Å². The van der Waals surface area contributed by atoms with Crippen LogP contribution in [0.25, 0.3) is 0 Å². The fourth-order valence-electron chi connectivity index (χ4n) is 3.15. The fraction of sp³-hybridized carbons (Fsp3) is 0.421. The second kappa shape index (κ2) is 7.51. The number of ether oxygens (including phenoxy) is 1. The van der Waals surface area contributed by atoms with Gasteiger partial charge >= 0.3 is 6.36 Å². The maximum atomic E-state index is 12.6. The summed E-state index contributed by atoms with van der Waals surface area (Å²) in [5.41, 5.74) is 1.74. The molecule has 29 heavy (non-hydrogen) atoms. The minimum absolute atomic E-state index is 0.209. The molecule has 1 amide bonds. The molecule has 1 saturated carbocycles. The predicted molar refractivity (Wildman–Crippen MR) is 96.4 cm³/mol. The van der Waals surface area contributed by atoms with E-state index in [1.165, 1.54) is 29.4 Å². The highest BCUT2D eigenvalue weighted by Crippen LogP contribution is 2.42. The van der Waals surface area contributed by atoms with Gasteiger partial charge in [-0.1, -0.05) is 6.07 Å². The van der Waals surface area contributed by atoms with Crippen LogP contribution < -0.4 is 10.1 Å². The first-order chi connectivity index (χ1) is 13.8. The third-order valence-electron chi connectivity index (χ3n) is 4.77. The van der Waals surface area contributed by atoms with Crippen LogP contribution >= 0.6 is 0 Å². The van der Waals surface area contributed by atoms with Crippen molar-refractivity contribution >= 4 is 11.9 Å². The summed E-state index contributed by atoms with van der Waals surface area (Å²) >= 11 is 0. The normalized spacial score (nSPS) is 17.0. The van der Waals surface area contributed by atoms with E-state index in [2.05, 4.69) is 20.0 Å². The van der Waals surface area contributed by atoms with Crippen molar-refractivity contribution in [3.05, 3.63) is 47.3 Å². The van der Waals surface area contributed by atoms with Crippen LogP contribution in [0, 0.1) is 0 Å². The van der Waals surface area contributed by atoms with Crippen LogP contribution in [0.1, 0.15) is 40.2 Å². The molecule has 1 saturated heterocycles. The number of aliphatic hydroxyl groups is 1. The number of halogens is 3. The van der Waals surface area contributed by atoms with Gasteiger partial charge in [-0.3, -0.25) is 4.79 Å². The number of anilines is 1. The molecule has 154 valence electrons. The van der Waals surface area contributed by atoms with Crippen LogP contribution in [0.2, 0.25) is 0 Å². The van der Waals surface area contributed by atoms with Crippen LogP contribution in [-0.4, -0.2) is 51.4 Å². The molecular weight excluding hydrogens is 389 g/mol. The number of rotatable bonds is 6. The minimum atomic E-state index is -4.75. The zero-order valence-corrected chi connectivity index (χ0v) is 15.3. The predicted octanol–water partition coefficient (Wildman–Crippen LogP) is 2.68. The van der Waals surface area contributed by atoms with E-state index >= 15 is 0 Å². The number of likely N-dealkylation sites (tertiary alicyclic amines) is 1. The van der Waals surface area contributed by atoms with Gasteiger partial charge in [0.2, 0.25) is 5.95 Å². The number of β-amino-alcohol motifs (C(OH)–C–C–N with tert-alkyl or cyclic N) is 1. The summed E-state index contributed by atoms with van der Waals surface area (Å²) < 4.78 is 41.8. The third-order valence-corrected chi connectivity index (χ3v) is 4.77. The number of nitrogens with zero attached hydrogens (tertiary/aromatic N) is 3. The topological polar surface area (TPSA) is 87.6 Å². The van der Waals surface area contributed by atoms with Crippen LogP contribution in [0.15, 0.2) is 30.6 Å². The third kappa shape index (κ3) is 4.94. The van der Waals surface area contributed by atoms with Crippen LogP contribution in [0.3, 0.4) is 0 Å². The van der Waals surface area contributed by atoms with Gasteiger partial charge in [-0.15, -0.1) is 13.2 Å². The molecule has 0 spiro atoms. The van der Waals surface area contributed by atoms with Crippen molar-refractivity contribution < 1.29 is 27.8 Å². The Hall–Kier alpha value is -2.88. The lowest BCUT2D eigenvalue weighted by atomic mass is 10.1. The first kappa shape index (κ1) is 19.4. The van der Waals surface area contributed by atoms with Crippen molar-refractivity contribution in [3.8, 4) is 5.75 Å². The molecule has 0 bridgehead atoms. The largest absolute Gasteiger partial charge is 0.573 e. The summed E-state index contributed by atoms with van der Waals surface area (Å²) in [5.74, 6) is 0.0256. The van der Waals surface area contributed by atoms with Gasteiger partial charge in [0.1, 0.15) is 5.75 Å². The van der Waals surface area contributed by atoms with Gasteiger partial charge < -0.3 is 20.1 Å². The SMILES string of the molecule is O=C(c1cnc(NCc2cc(OC(F)(F)F)cc(C3CC3)c2)nc1)N1CC(O)C1. The van der Waals surface area contributed by atoms with Crippen LogP contribution in [-0.2, 0) is 6.54 Å². The monoisotopic (exact) mass is 408 g/mol. The average Bonchev–Trinajstić information content (AvgIpc) is 3.47. The molecular formula is C19H19F3N4O3. The van der Waals surface area contributed by atoms with Crippen molar-refractivity contribution in [1.29, 1.82) is 0 Å². The number of carbonyl (C=O) groups excluding carboxylic acids is 1. The summed E-state index contributed by atoms with van der Waals surface area (Å²) in [7, 11) is 0. The van der Waals surface area contributed by atoms with E-state index in [4.69, 9.17) is 0 Å². The molecule has 2 aromatic rings. The Morgan fingerprint density at radius 1 is 1.21 bits per heavy atom. The molecule has 2 N–H and O–H groups in total. The van der Waals surface area contributed by atoms with Gasteiger partial charge in [0.15, 0.2) is 0 Å². The van der Waals surface area contributed by atoms with Crippen LogP contribution in [0.5, 0.6) is 5.75 Å². The van der Waals surface area contributed by atoms with E-state index in [0.717, 1.165) is 18.4 Å². The summed E-state index contributed by atoms with van der Waals surface area (Å²) in [4.78, 5) is 21.8. The number of aromatic nitrogens is 2. The number of aliphatic hydroxyl groups excluding tert-OH is 1. The highest BCUT2D eigenvalue weighted by molar-refractivity contribution is 5.94. The molecule has 7 nitrogen and oxygen atoms in total. The Morgan fingerprint density at radius 3 is 2.48 bits per heavy atom. The number of benzene rings is 1. The second-order valence-corrected chi connectivity index (χ2v) is 7.25. The summed E-state index contributed by atoms with van der Waals surface area (Å²) in [5, 5.41) is 12.2. The molecule has 2 heterocycles. The first-order valence-corrected chi connectivity index (χ1v) is 9.20. The smallest absolute Gasteiger partial charge is 0.406 e.